The average molecular weight is 261 g/mol. The highest BCUT2D eigenvalue weighted by Gasteiger charge is 2.05. The second-order valence-electron chi connectivity index (χ2n) is 3.12. The monoisotopic (exact) mass is 260 g/mol. The molecule has 1 aromatic carbocycles. The summed E-state index contributed by atoms with van der Waals surface area (Å²) in [6.07, 6.45) is 0.435. The van der Waals surface area contributed by atoms with Gasteiger partial charge in [-0.15, -0.1) is 12.4 Å². The van der Waals surface area contributed by atoms with Crippen LogP contribution in [-0.2, 0) is 6.42 Å². The van der Waals surface area contributed by atoms with E-state index in [0.717, 1.165) is 5.56 Å². The lowest BCUT2D eigenvalue weighted by molar-refractivity contribution is 0.310. The first-order chi connectivity index (χ1) is 7.17. The lowest BCUT2D eigenvalue weighted by Crippen LogP contribution is -2.12. The molecule has 0 fully saturated rings. The first kappa shape index (κ1) is 18.0. The molecule has 5 heteroatoms. The van der Waals surface area contributed by atoms with Crippen molar-refractivity contribution in [1.82, 2.24) is 0 Å². The molecule has 0 heterocycles. The molecule has 3 N–H and O–H groups in total. The number of benzene rings is 1. The van der Waals surface area contributed by atoms with Gasteiger partial charge in [0.1, 0.15) is 0 Å². The molecule has 0 saturated heterocycles. The van der Waals surface area contributed by atoms with Crippen LogP contribution in [0, 0.1) is 5.41 Å². The van der Waals surface area contributed by atoms with Crippen LogP contribution in [0.25, 0.3) is 0 Å². The van der Waals surface area contributed by atoms with E-state index in [-0.39, 0.29) is 25.7 Å². The molecule has 1 aromatic rings. The number of nitrogens with one attached hydrogen (secondary N) is 1. The molecule has 0 aromatic heterocycles. The van der Waals surface area contributed by atoms with Crippen LogP contribution in [0.15, 0.2) is 18.2 Å². The van der Waals surface area contributed by atoms with Crippen molar-refractivity contribution in [1.29, 1.82) is 5.41 Å². The van der Waals surface area contributed by atoms with Crippen LogP contribution >= 0.6 is 12.4 Å². The van der Waals surface area contributed by atoms with Crippen LogP contribution in [-0.4, -0.2) is 19.6 Å². The summed E-state index contributed by atoms with van der Waals surface area (Å²) in [5, 5.41) is 7.21. The van der Waals surface area contributed by atoms with Crippen molar-refractivity contribution < 1.29 is 9.47 Å². The van der Waals surface area contributed by atoms with Crippen LogP contribution in [0.1, 0.15) is 19.9 Å². The maximum atomic E-state index is 7.21. The summed E-state index contributed by atoms with van der Waals surface area (Å²) < 4.78 is 10.6. The van der Waals surface area contributed by atoms with Gasteiger partial charge in [-0.3, -0.25) is 5.41 Å². The lowest BCUT2D eigenvalue weighted by Gasteiger charge is -2.10. The van der Waals surface area contributed by atoms with E-state index in [1.807, 2.05) is 25.1 Å². The standard InChI is InChI=1S/C11H16N2O2.CH4.ClH/c1-3-15-10-6-8(7-11(12)13)4-5-9(10)14-2;;/h4-6H,3,7H2,1-2H3,(H3,12,13);1H4;1H. The van der Waals surface area contributed by atoms with Gasteiger partial charge >= 0.3 is 0 Å². The van der Waals surface area contributed by atoms with Crippen molar-refractivity contribution in [3.63, 3.8) is 0 Å². The molecule has 0 aliphatic heterocycles. The molecule has 0 amide bonds. The van der Waals surface area contributed by atoms with Gasteiger partial charge in [-0.1, -0.05) is 13.5 Å². The zero-order valence-corrected chi connectivity index (χ0v) is 10.3. The number of hydrogen-bond donors (Lipinski definition) is 2. The molecule has 1 rings (SSSR count). The number of nitrogens with two attached hydrogens (primary N) is 1. The van der Waals surface area contributed by atoms with Gasteiger partial charge in [-0.25, -0.2) is 0 Å². The summed E-state index contributed by atoms with van der Waals surface area (Å²) in [6.45, 7) is 2.50. The zero-order valence-electron chi connectivity index (χ0n) is 9.45. The highest BCUT2D eigenvalue weighted by Crippen LogP contribution is 2.28. The van der Waals surface area contributed by atoms with Crippen LogP contribution < -0.4 is 15.2 Å². The Hall–Kier alpha value is -1.42. The summed E-state index contributed by atoms with van der Waals surface area (Å²) >= 11 is 0. The Morgan fingerprint density at radius 1 is 1.35 bits per heavy atom. The van der Waals surface area contributed by atoms with Crippen molar-refractivity contribution in [2.24, 2.45) is 5.73 Å². The molecular weight excluding hydrogens is 240 g/mol. The highest BCUT2D eigenvalue weighted by molar-refractivity contribution is 5.85. The van der Waals surface area contributed by atoms with Crippen LogP contribution in [0.2, 0.25) is 0 Å². The Balaban J connectivity index is 0. The van der Waals surface area contributed by atoms with Gasteiger partial charge in [0.25, 0.3) is 0 Å². The van der Waals surface area contributed by atoms with Crippen molar-refractivity contribution >= 4 is 18.2 Å². The molecule has 0 spiro atoms. The predicted molar refractivity (Wildman–Crippen MR) is 73.8 cm³/mol. The fourth-order valence-electron chi connectivity index (χ4n) is 1.32. The molecule has 0 bridgehead atoms. The quantitative estimate of drug-likeness (QED) is 0.632. The van der Waals surface area contributed by atoms with Crippen molar-refractivity contribution in [2.45, 2.75) is 20.8 Å². The molecule has 0 aliphatic rings. The first-order valence-electron chi connectivity index (χ1n) is 4.80. The van der Waals surface area contributed by atoms with Gasteiger partial charge in [0.2, 0.25) is 0 Å². The molecule has 17 heavy (non-hydrogen) atoms. The minimum atomic E-state index is 0. The molecular formula is C12H21ClN2O2. The third kappa shape index (κ3) is 5.45. The largest absolute Gasteiger partial charge is 0.493 e. The number of amidine groups is 1. The molecule has 0 atom stereocenters. The van der Waals surface area contributed by atoms with Crippen LogP contribution in [0.5, 0.6) is 11.5 Å². The van der Waals surface area contributed by atoms with Gasteiger partial charge in [0, 0.05) is 6.42 Å². The minimum Gasteiger partial charge on any atom is -0.493 e. The third-order valence-corrected chi connectivity index (χ3v) is 1.92. The molecule has 0 unspecified atom stereocenters. The van der Waals surface area contributed by atoms with E-state index >= 15 is 0 Å². The van der Waals surface area contributed by atoms with Gasteiger partial charge < -0.3 is 15.2 Å². The second kappa shape index (κ2) is 8.70. The number of rotatable bonds is 5. The Morgan fingerprint density at radius 2 is 2.00 bits per heavy atom. The summed E-state index contributed by atoms with van der Waals surface area (Å²) in [4.78, 5) is 0. The summed E-state index contributed by atoms with van der Waals surface area (Å²) in [6, 6.07) is 5.55. The topological polar surface area (TPSA) is 68.3 Å². The van der Waals surface area contributed by atoms with Gasteiger partial charge in [-0.05, 0) is 24.6 Å². The van der Waals surface area contributed by atoms with Crippen LogP contribution in [0.4, 0.5) is 0 Å². The third-order valence-electron chi connectivity index (χ3n) is 1.92. The fraction of sp³-hybridized carbons (Fsp3) is 0.417. The maximum absolute atomic E-state index is 7.21. The zero-order chi connectivity index (χ0) is 11.3. The molecule has 0 saturated carbocycles. The van der Waals surface area contributed by atoms with E-state index in [4.69, 9.17) is 20.6 Å². The van der Waals surface area contributed by atoms with E-state index in [2.05, 4.69) is 0 Å². The van der Waals surface area contributed by atoms with E-state index in [0.29, 0.717) is 24.5 Å². The SMILES string of the molecule is C.CCOc1cc(CC(=N)N)ccc1OC.Cl. The first-order valence-corrected chi connectivity index (χ1v) is 4.80. The van der Waals surface area contributed by atoms with Crippen molar-refractivity contribution in [3.8, 4) is 11.5 Å². The predicted octanol–water partition coefficient (Wildman–Crippen LogP) is 2.63. The molecule has 0 aliphatic carbocycles. The molecule has 0 radical (unpaired) electrons. The van der Waals surface area contributed by atoms with E-state index < -0.39 is 0 Å². The number of halogens is 1. The Labute approximate surface area is 109 Å². The van der Waals surface area contributed by atoms with Crippen molar-refractivity contribution in [2.75, 3.05) is 13.7 Å². The lowest BCUT2D eigenvalue weighted by atomic mass is 10.1. The second-order valence-corrected chi connectivity index (χ2v) is 3.12. The molecule has 98 valence electrons. The number of ether oxygens (including phenoxy) is 2. The number of methoxy groups -OCH3 is 1. The summed E-state index contributed by atoms with van der Waals surface area (Å²) in [7, 11) is 1.60. The molecule has 4 nitrogen and oxygen atoms in total. The Kier molecular flexibility index (Phi) is 9.19. The normalized spacial score (nSPS) is 8.59. The van der Waals surface area contributed by atoms with Crippen molar-refractivity contribution in [3.05, 3.63) is 23.8 Å². The maximum Gasteiger partial charge on any atom is 0.161 e. The Bertz CT molecular complexity index is 356. The fourth-order valence-corrected chi connectivity index (χ4v) is 1.32. The summed E-state index contributed by atoms with van der Waals surface area (Å²) in [5.74, 6) is 1.53. The minimum absolute atomic E-state index is 0. The summed E-state index contributed by atoms with van der Waals surface area (Å²) in [5.41, 5.74) is 6.28. The van der Waals surface area contributed by atoms with Gasteiger partial charge in [-0.2, -0.15) is 0 Å². The Morgan fingerprint density at radius 3 is 2.47 bits per heavy atom. The van der Waals surface area contributed by atoms with Gasteiger partial charge in [0.15, 0.2) is 11.5 Å². The van der Waals surface area contributed by atoms with Crippen LogP contribution in [0.3, 0.4) is 0 Å². The average Bonchev–Trinajstić information content (AvgIpc) is 2.18. The van der Waals surface area contributed by atoms with Gasteiger partial charge in [0.05, 0.1) is 19.6 Å². The van der Waals surface area contributed by atoms with E-state index in [1.54, 1.807) is 7.11 Å². The van der Waals surface area contributed by atoms with E-state index in [9.17, 15) is 0 Å². The number of hydrogen-bond acceptors (Lipinski definition) is 3. The highest BCUT2D eigenvalue weighted by atomic mass is 35.5. The van der Waals surface area contributed by atoms with E-state index in [1.165, 1.54) is 0 Å². The smallest absolute Gasteiger partial charge is 0.161 e.